The van der Waals surface area contributed by atoms with Crippen molar-refractivity contribution in [1.82, 2.24) is 10.3 Å². The van der Waals surface area contributed by atoms with Gasteiger partial charge in [0.15, 0.2) is 5.13 Å². The van der Waals surface area contributed by atoms with Crippen LogP contribution in [0.1, 0.15) is 41.7 Å². The molecule has 1 aromatic heterocycles. The minimum Gasteiger partial charge on any atom is -0.317 e. The average molecular weight is 329 g/mol. The zero-order valence-electron chi connectivity index (χ0n) is 13.5. The molecule has 0 aliphatic carbocycles. The number of nitrogens with one attached hydrogen (secondary N) is 2. The molecule has 0 unspecified atom stereocenters. The van der Waals surface area contributed by atoms with E-state index in [0.29, 0.717) is 17.5 Å². The Morgan fingerprint density at radius 2 is 1.96 bits per heavy atom. The largest absolute Gasteiger partial charge is 0.317 e. The highest BCUT2D eigenvalue weighted by atomic mass is 32.1. The van der Waals surface area contributed by atoms with Crippen LogP contribution in [0.3, 0.4) is 0 Å². The van der Waals surface area contributed by atoms with E-state index in [1.54, 1.807) is 11.3 Å². The monoisotopic (exact) mass is 329 g/mol. The first-order valence-electron chi connectivity index (χ1n) is 8.28. The van der Waals surface area contributed by atoms with Crippen molar-refractivity contribution in [1.29, 1.82) is 0 Å². The number of aryl methyl sites for hydroxylation is 1. The molecule has 3 rings (SSSR count). The second-order valence-electron chi connectivity index (χ2n) is 5.99. The second kappa shape index (κ2) is 7.70. The van der Waals surface area contributed by atoms with Gasteiger partial charge in [-0.25, -0.2) is 4.98 Å². The van der Waals surface area contributed by atoms with Crippen LogP contribution < -0.4 is 10.6 Å². The van der Waals surface area contributed by atoms with Crippen molar-refractivity contribution in [2.75, 3.05) is 18.4 Å². The molecule has 0 spiro atoms. The lowest BCUT2D eigenvalue weighted by Crippen LogP contribution is -2.26. The fourth-order valence-electron chi connectivity index (χ4n) is 2.88. The van der Waals surface area contributed by atoms with Crippen molar-refractivity contribution in [2.24, 2.45) is 0 Å². The van der Waals surface area contributed by atoms with Gasteiger partial charge in [-0.1, -0.05) is 31.2 Å². The lowest BCUT2D eigenvalue weighted by molar-refractivity contribution is -0.115. The molecule has 1 aliphatic rings. The molecule has 0 saturated carbocycles. The summed E-state index contributed by atoms with van der Waals surface area (Å²) >= 11 is 1.61. The first kappa shape index (κ1) is 16.1. The van der Waals surface area contributed by atoms with Crippen LogP contribution in [0.15, 0.2) is 30.5 Å². The van der Waals surface area contributed by atoms with Crippen molar-refractivity contribution in [2.45, 2.75) is 38.5 Å². The summed E-state index contributed by atoms with van der Waals surface area (Å²) in [5, 5.41) is 7.02. The predicted octanol–water partition coefficient (Wildman–Crippen LogP) is 3.35. The van der Waals surface area contributed by atoms with E-state index in [0.717, 1.165) is 37.9 Å². The van der Waals surface area contributed by atoms with E-state index in [2.05, 4.69) is 34.7 Å². The maximum absolute atomic E-state index is 12.2. The third kappa shape index (κ3) is 4.39. The SMILES string of the molecule is CCc1ccc(CC(=O)Nc2ncc(C3CCNCC3)s2)cc1. The van der Waals surface area contributed by atoms with E-state index in [1.807, 2.05) is 18.3 Å². The zero-order chi connectivity index (χ0) is 16.1. The molecule has 1 fully saturated rings. The standard InChI is InChI=1S/C18H23N3OS/c1-2-13-3-5-14(6-4-13)11-17(22)21-18-20-12-16(23-18)15-7-9-19-10-8-15/h3-6,12,15,19H,2,7-11H2,1H3,(H,20,21,22). The number of carbonyl (C=O) groups excluding carboxylic acids is 1. The van der Waals surface area contributed by atoms with Gasteiger partial charge in [-0.2, -0.15) is 0 Å². The van der Waals surface area contributed by atoms with Crippen LogP contribution in [0.4, 0.5) is 5.13 Å². The maximum atomic E-state index is 12.2. The van der Waals surface area contributed by atoms with Gasteiger partial charge in [0.25, 0.3) is 0 Å². The number of hydrogen-bond acceptors (Lipinski definition) is 4. The van der Waals surface area contributed by atoms with E-state index in [4.69, 9.17) is 0 Å². The van der Waals surface area contributed by atoms with Gasteiger partial charge in [0, 0.05) is 11.1 Å². The topological polar surface area (TPSA) is 54.0 Å². The van der Waals surface area contributed by atoms with Crippen molar-refractivity contribution < 1.29 is 4.79 Å². The molecule has 1 saturated heterocycles. The lowest BCUT2D eigenvalue weighted by Gasteiger charge is -2.20. The van der Waals surface area contributed by atoms with Crippen LogP contribution in [-0.4, -0.2) is 24.0 Å². The Bertz CT molecular complexity index is 645. The number of nitrogens with zero attached hydrogens (tertiary/aromatic N) is 1. The van der Waals surface area contributed by atoms with Crippen molar-refractivity contribution in [3.63, 3.8) is 0 Å². The minimum atomic E-state index is 0.000425. The van der Waals surface area contributed by atoms with Crippen molar-refractivity contribution in [3.8, 4) is 0 Å². The first-order valence-corrected chi connectivity index (χ1v) is 9.10. The lowest BCUT2D eigenvalue weighted by atomic mass is 9.97. The smallest absolute Gasteiger partial charge is 0.230 e. The summed E-state index contributed by atoms with van der Waals surface area (Å²) in [5.74, 6) is 0.585. The van der Waals surface area contributed by atoms with Crippen LogP contribution in [0.25, 0.3) is 0 Å². The molecule has 23 heavy (non-hydrogen) atoms. The van der Waals surface area contributed by atoms with E-state index in [9.17, 15) is 4.79 Å². The fourth-order valence-corrected chi connectivity index (χ4v) is 3.88. The normalized spacial score (nSPS) is 15.5. The highest BCUT2D eigenvalue weighted by Gasteiger charge is 2.18. The summed E-state index contributed by atoms with van der Waals surface area (Å²) in [6.45, 7) is 4.26. The third-order valence-electron chi connectivity index (χ3n) is 4.31. The van der Waals surface area contributed by atoms with Crippen molar-refractivity contribution in [3.05, 3.63) is 46.5 Å². The number of thiazole rings is 1. The van der Waals surface area contributed by atoms with Gasteiger partial charge in [-0.15, -0.1) is 11.3 Å². The van der Waals surface area contributed by atoms with Gasteiger partial charge in [0.05, 0.1) is 6.42 Å². The summed E-state index contributed by atoms with van der Waals surface area (Å²) in [6.07, 6.45) is 5.64. The van der Waals surface area contributed by atoms with Gasteiger partial charge in [0.1, 0.15) is 0 Å². The predicted molar refractivity (Wildman–Crippen MR) is 95.1 cm³/mol. The van der Waals surface area contributed by atoms with E-state index in [-0.39, 0.29) is 5.91 Å². The molecule has 0 radical (unpaired) electrons. The van der Waals surface area contributed by atoms with E-state index in [1.165, 1.54) is 10.4 Å². The van der Waals surface area contributed by atoms with Crippen molar-refractivity contribution >= 4 is 22.4 Å². The highest BCUT2D eigenvalue weighted by Crippen LogP contribution is 2.31. The molecule has 2 aromatic rings. The summed E-state index contributed by atoms with van der Waals surface area (Å²) in [4.78, 5) is 17.8. The van der Waals surface area contributed by atoms with Crippen LogP contribution in [0.5, 0.6) is 0 Å². The number of piperidine rings is 1. The third-order valence-corrected chi connectivity index (χ3v) is 5.38. The molecule has 122 valence electrons. The number of amides is 1. The van der Waals surface area contributed by atoms with Gasteiger partial charge >= 0.3 is 0 Å². The molecule has 5 heteroatoms. The summed E-state index contributed by atoms with van der Waals surface area (Å²) in [7, 11) is 0. The summed E-state index contributed by atoms with van der Waals surface area (Å²) in [5.41, 5.74) is 2.33. The molecule has 0 atom stereocenters. The average Bonchev–Trinajstić information content (AvgIpc) is 3.04. The molecule has 1 amide bonds. The molecular weight excluding hydrogens is 306 g/mol. The van der Waals surface area contributed by atoms with Gasteiger partial charge in [0.2, 0.25) is 5.91 Å². The second-order valence-corrected chi connectivity index (χ2v) is 7.05. The Labute approximate surface area is 141 Å². The summed E-state index contributed by atoms with van der Waals surface area (Å²) in [6, 6.07) is 8.23. The van der Waals surface area contributed by atoms with Gasteiger partial charge in [-0.05, 0) is 49.4 Å². The quantitative estimate of drug-likeness (QED) is 0.884. The molecule has 2 N–H and O–H groups in total. The first-order chi connectivity index (χ1) is 11.2. The minimum absolute atomic E-state index is 0.000425. The van der Waals surface area contributed by atoms with E-state index >= 15 is 0 Å². The Morgan fingerprint density at radius 1 is 1.26 bits per heavy atom. The van der Waals surface area contributed by atoms with Gasteiger partial charge in [-0.3, -0.25) is 4.79 Å². The molecule has 0 bridgehead atoms. The Kier molecular flexibility index (Phi) is 5.41. The number of anilines is 1. The number of aromatic nitrogens is 1. The molecular formula is C18H23N3OS. The number of rotatable bonds is 5. The van der Waals surface area contributed by atoms with E-state index < -0.39 is 0 Å². The van der Waals surface area contributed by atoms with Crippen LogP contribution >= 0.6 is 11.3 Å². The number of carbonyl (C=O) groups is 1. The van der Waals surface area contributed by atoms with Crippen LogP contribution in [-0.2, 0) is 17.6 Å². The molecule has 4 nitrogen and oxygen atoms in total. The Morgan fingerprint density at radius 3 is 2.65 bits per heavy atom. The fraction of sp³-hybridized carbons (Fsp3) is 0.444. The Hall–Kier alpha value is -1.72. The highest BCUT2D eigenvalue weighted by molar-refractivity contribution is 7.15. The van der Waals surface area contributed by atoms with Crippen LogP contribution in [0, 0.1) is 0 Å². The molecule has 1 aromatic carbocycles. The zero-order valence-corrected chi connectivity index (χ0v) is 14.3. The Balaban J connectivity index is 1.55. The number of benzene rings is 1. The molecule has 2 heterocycles. The van der Waals surface area contributed by atoms with Crippen LogP contribution in [0.2, 0.25) is 0 Å². The molecule has 1 aliphatic heterocycles. The number of hydrogen-bond donors (Lipinski definition) is 2. The maximum Gasteiger partial charge on any atom is 0.230 e. The van der Waals surface area contributed by atoms with Gasteiger partial charge < -0.3 is 10.6 Å². The summed E-state index contributed by atoms with van der Waals surface area (Å²) < 4.78 is 0.